The van der Waals surface area contributed by atoms with Crippen molar-refractivity contribution < 1.29 is 17.2 Å². The lowest BCUT2D eigenvalue weighted by Crippen LogP contribution is -2.52. The van der Waals surface area contributed by atoms with E-state index >= 15 is 0 Å². The molecule has 1 aliphatic heterocycles. The van der Waals surface area contributed by atoms with Crippen LogP contribution in [0.5, 0.6) is 0 Å². The van der Waals surface area contributed by atoms with Gasteiger partial charge in [-0.05, 0) is 54.8 Å². The highest BCUT2D eigenvalue weighted by Crippen LogP contribution is 2.31. The largest absolute Gasteiger partial charge is 0.367 e. The van der Waals surface area contributed by atoms with Gasteiger partial charge < -0.3 is 4.90 Å². The maximum atomic E-state index is 14.2. The number of hydrogen-bond acceptors (Lipinski definition) is 5. The molecule has 2 atom stereocenters. The van der Waals surface area contributed by atoms with Gasteiger partial charge >= 0.3 is 0 Å². The molecule has 0 radical (unpaired) electrons. The summed E-state index contributed by atoms with van der Waals surface area (Å²) in [5.74, 6) is -0.725. The highest BCUT2D eigenvalue weighted by Gasteiger charge is 2.33. The minimum atomic E-state index is -3.81. The molecule has 1 saturated heterocycles. The number of para-hydroxylation sites is 1. The molecule has 32 heavy (non-hydrogen) atoms. The average molecular weight is 478 g/mol. The lowest BCUT2D eigenvalue weighted by molar-refractivity contribution is 0.163. The maximum Gasteiger partial charge on any atom is 0.240 e. The van der Waals surface area contributed by atoms with E-state index in [1.807, 2.05) is 35.4 Å². The van der Waals surface area contributed by atoms with Crippen LogP contribution in [0.2, 0.25) is 0 Å². The number of halogens is 2. The smallest absolute Gasteiger partial charge is 0.240 e. The standard InChI is InChI=1S/C23H25F2N3O2S2/c1-17(26-32(29,30)19-10-8-18(24)9-11-19)23(22-7-4-16-31-22)28-14-12-27(13-15-28)21-6-3-2-5-20(21)25/h2-11,16-17,23,26H,12-15H2,1H3. The van der Waals surface area contributed by atoms with E-state index in [1.54, 1.807) is 23.5 Å². The summed E-state index contributed by atoms with van der Waals surface area (Å²) in [5.41, 5.74) is 0.588. The Hall–Kier alpha value is -2.33. The number of sulfonamides is 1. The Labute approximate surface area is 191 Å². The summed E-state index contributed by atoms with van der Waals surface area (Å²) < 4.78 is 56.0. The molecule has 5 nitrogen and oxygen atoms in total. The third-order valence-corrected chi connectivity index (χ3v) is 8.19. The number of rotatable bonds is 7. The first kappa shape index (κ1) is 22.8. The lowest BCUT2D eigenvalue weighted by atomic mass is 10.1. The Morgan fingerprint density at radius 2 is 1.62 bits per heavy atom. The van der Waals surface area contributed by atoms with Crippen LogP contribution in [0.3, 0.4) is 0 Å². The second kappa shape index (κ2) is 9.66. The van der Waals surface area contributed by atoms with E-state index in [0.29, 0.717) is 31.9 Å². The Balaban J connectivity index is 1.51. The minimum absolute atomic E-state index is 0.0278. The molecule has 1 fully saturated rings. The number of nitrogens with one attached hydrogen (secondary N) is 1. The molecule has 170 valence electrons. The zero-order valence-electron chi connectivity index (χ0n) is 17.6. The molecule has 0 saturated carbocycles. The quantitative estimate of drug-likeness (QED) is 0.553. The molecule has 4 rings (SSSR count). The van der Waals surface area contributed by atoms with Gasteiger partial charge in [-0.25, -0.2) is 21.9 Å². The second-order valence-electron chi connectivity index (χ2n) is 7.80. The molecular formula is C23H25F2N3O2S2. The zero-order valence-corrected chi connectivity index (χ0v) is 19.3. The van der Waals surface area contributed by atoms with E-state index in [1.165, 1.54) is 18.2 Å². The molecule has 2 heterocycles. The third kappa shape index (κ3) is 5.01. The van der Waals surface area contributed by atoms with Gasteiger partial charge in [0.15, 0.2) is 0 Å². The molecule has 0 bridgehead atoms. The highest BCUT2D eigenvalue weighted by molar-refractivity contribution is 7.89. The first-order chi connectivity index (χ1) is 15.3. The number of thiophene rings is 1. The first-order valence-corrected chi connectivity index (χ1v) is 12.8. The summed E-state index contributed by atoms with van der Waals surface area (Å²) >= 11 is 1.58. The van der Waals surface area contributed by atoms with Crippen molar-refractivity contribution in [2.24, 2.45) is 0 Å². The Kier molecular flexibility index (Phi) is 6.90. The van der Waals surface area contributed by atoms with Gasteiger partial charge in [-0.15, -0.1) is 11.3 Å². The van der Waals surface area contributed by atoms with E-state index in [0.717, 1.165) is 17.0 Å². The Bertz CT molecular complexity index is 1130. The van der Waals surface area contributed by atoms with Crippen LogP contribution in [-0.4, -0.2) is 45.5 Å². The van der Waals surface area contributed by atoms with Crippen LogP contribution in [0.15, 0.2) is 70.9 Å². The number of piperazine rings is 1. The first-order valence-electron chi connectivity index (χ1n) is 10.4. The minimum Gasteiger partial charge on any atom is -0.367 e. The molecular weight excluding hydrogens is 452 g/mol. The second-order valence-corrected chi connectivity index (χ2v) is 10.5. The van der Waals surface area contributed by atoms with E-state index in [-0.39, 0.29) is 16.8 Å². The molecule has 9 heteroatoms. The summed E-state index contributed by atoms with van der Waals surface area (Å²) in [6.07, 6.45) is 0. The topological polar surface area (TPSA) is 52.7 Å². The molecule has 0 spiro atoms. The van der Waals surface area contributed by atoms with Crippen molar-refractivity contribution >= 4 is 27.0 Å². The summed E-state index contributed by atoms with van der Waals surface area (Å²) in [5, 5.41) is 1.97. The molecule has 3 aromatic rings. The van der Waals surface area contributed by atoms with Crippen LogP contribution in [0, 0.1) is 11.6 Å². The number of benzene rings is 2. The van der Waals surface area contributed by atoms with Crippen molar-refractivity contribution in [1.29, 1.82) is 0 Å². The van der Waals surface area contributed by atoms with Gasteiger partial charge in [-0.3, -0.25) is 4.90 Å². The van der Waals surface area contributed by atoms with Crippen LogP contribution in [0.25, 0.3) is 0 Å². The van der Waals surface area contributed by atoms with Crippen molar-refractivity contribution in [2.45, 2.75) is 23.9 Å². The van der Waals surface area contributed by atoms with Crippen molar-refractivity contribution in [3.8, 4) is 0 Å². The van der Waals surface area contributed by atoms with E-state index < -0.39 is 21.9 Å². The molecule has 2 aromatic carbocycles. The van der Waals surface area contributed by atoms with E-state index in [4.69, 9.17) is 0 Å². The molecule has 2 unspecified atom stereocenters. The fourth-order valence-corrected chi connectivity index (χ4v) is 6.36. The molecule has 0 aliphatic carbocycles. The van der Waals surface area contributed by atoms with Crippen molar-refractivity contribution in [1.82, 2.24) is 9.62 Å². The van der Waals surface area contributed by atoms with Gasteiger partial charge in [0, 0.05) is 37.1 Å². The van der Waals surface area contributed by atoms with Crippen LogP contribution in [0.1, 0.15) is 17.8 Å². The van der Waals surface area contributed by atoms with Gasteiger partial charge in [0.1, 0.15) is 11.6 Å². The SMILES string of the molecule is CC(NS(=O)(=O)c1ccc(F)cc1)C(c1cccs1)N1CCN(c2ccccc2F)CC1. The van der Waals surface area contributed by atoms with Crippen molar-refractivity contribution in [3.05, 3.63) is 82.6 Å². The maximum absolute atomic E-state index is 14.2. The normalized spacial score (nSPS) is 17.3. The van der Waals surface area contributed by atoms with E-state index in [2.05, 4.69) is 9.62 Å². The monoisotopic (exact) mass is 477 g/mol. The molecule has 1 aliphatic rings. The highest BCUT2D eigenvalue weighted by atomic mass is 32.2. The average Bonchev–Trinajstić information content (AvgIpc) is 3.29. The zero-order chi connectivity index (χ0) is 22.7. The predicted octanol–water partition coefficient (Wildman–Crippen LogP) is 4.26. The van der Waals surface area contributed by atoms with Gasteiger partial charge in [0.25, 0.3) is 0 Å². The van der Waals surface area contributed by atoms with Crippen molar-refractivity contribution in [3.63, 3.8) is 0 Å². The number of anilines is 1. The summed E-state index contributed by atoms with van der Waals surface area (Å²) in [6, 6.07) is 14.9. The Morgan fingerprint density at radius 3 is 2.25 bits per heavy atom. The van der Waals surface area contributed by atoms with Gasteiger partial charge in [0.2, 0.25) is 10.0 Å². The van der Waals surface area contributed by atoms with Crippen LogP contribution >= 0.6 is 11.3 Å². The molecule has 1 aromatic heterocycles. The van der Waals surface area contributed by atoms with Gasteiger partial charge in [-0.2, -0.15) is 0 Å². The third-order valence-electron chi connectivity index (χ3n) is 5.67. The number of hydrogen-bond donors (Lipinski definition) is 1. The van der Waals surface area contributed by atoms with Crippen LogP contribution < -0.4 is 9.62 Å². The summed E-state index contributed by atoms with van der Waals surface area (Å²) in [6.45, 7) is 4.45. The van der Waals surface area contributed by atoms with Crippen LogP contribution in [-0.2, 0) is 10.0 Å². The fourth-order valence-electron chi connectivity index (χ4n) is 4.14. The van der Waals surface area contributed by atoms with Crippen molar-refractivity contribution in [2.75, 3.05) is 31.1 Å². The van der Waals surface area contributed by atoms with Gasteiger partial charge in [0.05, 0.1) is 16.6 Å². The summed E-state index contributed by atoms with van der Waals surface area (Å²) in [7, 11) is -3.81. The number of nitrogens with zero attached hydrogens (tertiary/aromatic N) is 2. The van der Waals surface area contributed by atoms with Gasteiger partial charge in [-0.1, -0.05) is 18.2 Å². The predicted molar refractivity (Wildman–Crippen MR) is 123 cm³/mol. The fraction of sp³-hybridized carbons (Fsp3) is 0.304. The molecule has 0 amide bonds. The lowest BCUT2D eigenvalue weighted by Gasteiger charge is -2.42. The van der Waals surface area contributed by atoms with E-state index in [9.17, 15) is 17.2 Å². The molecule has 1 N–H and O–H groups in total. The summed E-state index contributed by atoms with van der Waals surface area (Å²) in [4.78, 5) is 5.34. The Morgan fingerprint density at radius 1 is 0.938 bits per heavy atom. The van der Waals surface area contributed by atoms with Crippen LogP contribution in [0.4, 0.5) is 14.5 Å².